The minimum absolute atomic E-state index is 0.0863. The SMILES string of the molecule is N#CC(=Cc1cc(Br)cs1)C(=O)c1ccc2c(c1)OCO2. The van der Waals surface area contributed by atoms with Crippen LogP contribution < -0.4 is 9.47 Å². The molecule has 0 saturated carbocycles. The highest BCUT2D eigenvalue weighted by molar-refractivity contribution is 9.10. The second-order valence-electron chi connectivity index (χ2n) is 4.23. The van der Waals surface area contributed by atoms with Gasteiger partial charge < -0.3 is 9.47 Å². The predicted octanol–water partition coefficient (Wildman–Crippen LogP) is 4.03. The number of benzene rings is 1. The zero-order valence-corrected chi connectivity index (χ0v) is 13.0. The maximum absolute atomic E-state index is 12.4. The van der Waals surface area contributed by atoms with Crippen LogP contribution in [0, 0.1) is 11.3 Å². The number of fused-ring (bicyclic) bond motifs is 1. The number of hydrogen-bond donors (Lipinski definition) is 0. The molecule has 0 saturated heterocycles. The van der Waals surface area contributed by atoms with Crippen molar-refractivity contribution in [3.8, 4) is 17.6 Å². The quantitative estimate of drug-likeness (QED) is 0.470. The van der Waals surface area contributed by atoms with Gasteiger partial charge in [0.15, 0.2) is 11.5 Å². The molecule has 1 aliphatic heterocycles. The minimum atomic E-state index is -0.333. The van der Waals surface area contributed by atoms with E-state index in [0.717, 1.165) is 9.35 Å². The van der Waals surface area contributed by atoms with E-state index in [-0.39, 0.29) is 18.1 Å². The molecular formula is C15H8BrNO3S. The summed E-state index contributed by atoms with van der Waals surface area (Å²) >= 11 is 4.80. The van der Waals surface area contributed by atoms with E-state index in [1.54, 1.807) is 24.3 Å². The van der Waals surface area contributed by atoms with Crippen LogP contribution >= 0.6 is 27.3 Å². The van der Waals surface area contributed by atoms with Crippen molar-refractivity contribution in [2.24, 2.45) is 0 Å². The summed E-state index contributed by atoms with van der Waals surface area (Å²) in [5.74, 6) is 0.800. The van der Waals surface area contributed by atoms with Crippen molar-refractivity contribution in [1.82, 2.24) is 0 Å². The summed E-state index contributed by atoms with van der Waals surface area (Å²) < 4.78 is 11.4. The largest absolute Gasteiger partial charge is 0.454 e. The molecule has 2 aromatic rings. The van der Waals surface area contributed by atoms with Gasteiger partial charge in [-0.15, -0.1) is 11.3 Å². The third-order valence-electron chi connectivity index (χ3n) is 2.87. The van der Waals surface area contributed by atoms with Crippen molar-refractivity contribution in [1.29, 1.82) is 5.26 Å². The second-order valence-corrected chi connectivity index (χ2v) is 6.09. The summed E-state index contributed by atoms with van der Waals surface area (Å²) in [5, 5.41) is 11.1. The van der Waals surface area contributed by atoms with Crippen LogP contribution in [0.4, 0.5) is 0 Å². The van der Waals surface area contributed by atoms with Gasteiger partial charge >= 0.3 is 0 Å². The molecular weight excluding hydrogens is 354 g/mol. The number of Topliss-reactive ketones (excluding diaryl/α,β-unsaturated/α-hetero) is 1. The van der Waals surface area contributed by atoms with E-state index in [0.29, 0.717) is 17.1 Å². The lowest BCUT2D eigenvalue weighted by Crippen LogP contribution is -2.01. The first kappa shape index (κ1) is 13.9. The Bertz CT molecular complexity index is 788. The van der Waals surface area contributed by atoms with Crippen molar-refractivity contribution in [3.05, 3.63) is 50.1 Å². The molecule has 1 aliphatic rings. The predicted molar refractivity (Wildman–Crippen MR) is 82.5 cm³/mol. The number of carbonyl (C=O) groups is 1. The number of thiophene rings is 1. The summed E-state index contributed by atoms with van der Waals surface area (Å²) in [7, 11) is 0. The van der Waals surface area contributed by atoms with Crippen LogP contribution in [-0.4, -0.2) is 12.6 Å². The fraction of sp³-hybridized carbons (Fsp3) is 0.0667. The van der Waals surface area contributed by atoms with Crippen molar-refractivity contribution in [3.63, 3.8) is 0 Å². The zero-order valence-electron chi connectivity index (χ0n) is 10.6. The van der Waals surface area contributed by atoms with E-state index in [1.807, 2.05) is 17.5 Å². The number of nitrogens with zero attached hydrogens (tertiary/aromatic N) is 1. The fourth-order valence-electron chi connectivity index (χ4n) is 1.89. The van der Waals surface area contributed by atoms with Gasteiger partial charge in [0.2, 0.25) is 12.6 Å². The Balaban J connectivity index is 1.93. The highest BCUT2D eigenvalue weighted by atomic mass is 79.9. The molecule has 104 valence electrons. The number of halogens is 1. The van der Waals surface area contributed by atoms with Crippen LogP contribution in [0.1, 0.15) is 15.2 Å². The number of hydrogen-bond acceptors (Lipinski definition) is 5. The Kier molecular flexibility index (Phi) is 3.78. The molecule has 4 nitrogen and oxygen atoms in total. The average Bonchev–Trinajstić information content (AvgIpc) is 3.11. The third-order valence-corrected chi connectivity index (χ3v) is 4.51. The highest BCUT2D eigenvalue weighted by Gasteiger charge is 2.18. The number of rotatable bonds is 3. The average molecular weight is 362 g/mol. The molecule has 0 radical (unpaired) electrons. The van der Waals surface area contributed by atoms with Crippen LogP contribution in [0.2, 0.25) is 0 Å². The van der Waals surface area contributed by atoms with Crippen LogP contribution in [0.3, 0.4) is 0 Å². The molecule has 21 heavy (non-hydrogen) atoms. The van der Waals surface area contributed by atoms with E-state index in [4.69, 9.17) is 9.47 Å². The lowest BCUT2D eigenvalue weighted by Gasteiger charge is -2.01. The molecule has 6 heteroatoms. The molecule has 0 spiro atoms. The van der Waals surface area contributed by atoms with Crippen LogP contribution in [0.5, 0.6) is 11.5 Å². The van der Waals surface area contributed by atoms with Crippen LogP contribution in [-0.2, 0) is 0 Å². The van der Waals surface area contributed by atoms with Gasteiger partial charge in [-0.3, -0.25) is 4.79 Å². The van der Waals surface area contributed by atoms with E-state index in [1.165, 1.54) is 11.3 Å². The minimum Gasteiger partial charge on any atom is -0.454 e. The maximum atomic E-state index is 12.4. The molecule has 0 bridgehead atoms. The van der Waals surface area contributed by atoms with Crippen LogP contribution in [0.15, 0.2) is 39.7 Å². The molecule has 1 aromatic heterocycles. The summed E-state index contributed by atoms with van der Waals surface area (Å²) in [6, 6.07) is 8.71. The molecule has 0 N–H and O–H groups in total. The number of carbonyl (C=O) groups excluding carboxylic acids is 1. The molecule has 0 atom stereocenters. The second kappa shape index (κ2) is 5.72. The van der Waals surface area contributed by atoms with Crippen molar-refractivity contribution >= 4 is 39.1 Å². The standard InChI is InChI=1S/C15H8BrNO3S/c16-11-5-12(21-7-11)3-10(6-17)15(18)9-1-2-13-14(4-9)20-8-19-13/h1-5,7H,8H2. The maximum Gasteiger partial charge on any atom is 0.231 e. The topological polar surface area (TPSA) is 59.3 Å². The van der Waals surface area contributed by atoms with E-state index in [9.17, 15) is 10.1 Å². The Morgan fingerprint density at radius 1 is 1.33 bits per heavy atom. The Hall–Kier alpha value is -2.10. The monoisotopic (exact) mass is 361 g/mol. The molecule has 2 heterocycles. The first-order valence-corrected chi connectivity index (χ1v) is 7.65. The number of ether oxygens (including phenoxy) is 2. The van der Waals surface area contributed by atoms with Gasteiger partial charge in [0.25, 0.3) is 0 Å². The van der Waals surface area contributed by atoms with E-state index in [2.05, 4.69) is 15.9 Å². The van der Waals surface area contributed by atoms with E-state index >= 15 is 0 Å². The summed E-state index contributed by atoms with van der Waals surface area (Å²) in [6.45, 7) is 0.150. The Labute approximate surface area is 133 Å². The molecule has 0 unspecified atom stereocenters. The van der Waals surface area contributed by atoms with Gasteiger partial charge in [0.1, 0.15) is 11.6 Å². The molecule has 3 rings (SSSR count). The van der Waals surface area contributed by atoms with Crippen molar-refractivity contribution in [2.75, 3.05) is 6.79 Å². The van der Waals surface area contributed by atoms with Crippen molar-refractivity contribution < 1.29 is 14.3 Å². The summed E-state index contributed by atoms with van der Waals surface area (Å²) in [6.07, 6.45) is 1.59. The zero-order chi connectivity index (χ0) is 14.8. The highest BCUT2D eigenvalue weighted by Crippen LogP contribution is 2.33. The summed E-state index contributed by atoms with van der Waals surface area (Å²) in [5.41, 5.74) is 0.492. The van der Waals surface area contributed by atoms with E-state index < -0.39 is 0 Å². The van der Waals surface area contributed by atoms with Gasteiger partial charge in [0, 0.05) is 20.3 Å². The molecule has 0 fully saturated rings. The first-order chi connectivity index (χ1) is 10.2. The van der Waals surface area contributed by atoms with Gasteiger partial charge in [-0.2, -0.15) is 5.26 Å². The fourth-order valence-corrected chi connectivity index (χ4v) is 3.26. The smallest absolute Gasteiger partial charge is 0.231 e. The normalized spacial score (nSPS) is 13.0. The Morgan fingerprint density at radius 3 is 2.86 bits per heavy atom. The van der Waals surface area contributed by atoms with Gasteiger partial charge in [0.05, 0.1) is 0 Å². The van der Waals surface area contributed by atoms with Gasteiger partial charge in [-0.1, -0.05) is 0 Å². The molecule has 1 aromatic carbocycles. The van der Waals surface area contributed by atoms with Crippen molar-refractivity contribution in [2.45, 2.75) is 0 Å². The first-order valence-electron chi connectivity index (χ1n) is 5.97. The van der Waals surface area contributed by atoms with Gasteiger partial charge in [-0.05, 0) is 46.3 Å². The number of ketones is 1. The third kappa shape index (κ3) is 2.84. The summed E-state index contributed by atoms with van der Waals surface area (Å²) in [4.78, 5) is 13.2. The lowest BCUT2D eigenvalue weighted by atomic mass is 10.0. The Morgan fingerprint density at radius 2 is 2.14 bits per heavy atom. The van der Waals surface area contributed by atoms with Gasteiger partial charge in [-0.25, -0.2) is 0 Å². The lowest BCUT2D eigenvalue weighted by molar-refractivity contribution is 0.103. The van der Waals surface area contributed by atoms with Crippen LogP contribution in [0.25, 0.3) is 6.08 Å². The molecule has 0 amide bonds. The number of allylic oxidation sites excluding steroid dienone is 1. The number of nitriles is 1. The molecule has 0 aliphatic carbocycles.